The van der Waals surface area contributed by atoms with Gasteiger partial charge in [-0.1, -0.05) is 13.3 Å². The smallest absolute Gasteiger partial charge is 0.0697 e. The van der Waals surface area contributed by atoms with Gasteiger partial charge in [-0.3, -0.25) is 0 Å². The summed E-state index contributed by atoms with van der Waals surface area (Å²) in [6.07, 6.45) is 2.26. The van der Waals surface area contributed by atoms with Gasteiger partial charge in [0.25, 0.3) is 0 Å². The summed E-state index contributed by atoms with van der Waals surface area (Å²) >= 11 is 0. The fourth-order valence-corrected chi connectivity index (χ4v) is 0.413. The average molecular weight is 174 g/mol. The molecule has 0 bridgehead atoms. The molecule has 0 saturated heterocycles. The fraction of sp³-hybridized carbons (Fsp3) is 0.600. The van der Waals surface area contributed by atoms with E-state index in [-0.39, 0.29) is 6.61 Å². The molecule has 2 nitrogen and oxygen atoms in total. The van der Waals surface area contributed by atoms with Crippen molar-refractivity contribution in [3.63, 3.8) is 0 Å². The first-order valence-corrected chi connectivity index (χ1v) is 4.10. The molecule has 0 fully saturated rings. The average Bonchev–Trinajstić information content (AvgIpc) is 2.19. The molecule has 74 valence electrons. The van der Waals surface area contributed by atoms with Crippen molar-refractivity contribution in [1.29, 1.82) is 0 Å². The van der Waals surface area contributed by atoms with Gasteiger partial charge in [0, 0.05) is 6.61 Å². The summed E-state index contributed by atoms with van der Waals surface area (Å²) < 4.78 is 4.97. The van der Waals surface area contributed by atoms with Crippen molar-refractivity contribution in [2.24, 2.45) is 0 Å². The second kappa shape index (κ2) is 31.5. The first-order valence-electron chi connectivity index (χ1n) is 4.10. The largest absolute Gasteiger partial charge is 0.394 e. The van der Waals surface area contributed by atoms with Crippen LogP contribution in [0.25, 0.3) is 0 Å². The highest BCUT2D eigenvalue weighted by atomic mass is 16.5. The van der Waals surface area contributed by atoms with Gasteiger partial charge in [0.1, 0.15) is 0 Å². The Morgan fingerprint density at radius 1 is 1.08 bits per heavy atom. The Hall–Kier alpha value is -0.600. The molecule has 0 rings (SSSR count). The minimum Gasteiger partial charge on any atom is -0.394 e. The van der Waals surface area contributed by atoms with Gasteiger partial charge in [0.2, 0.25) is 0 Å². The van der Waals surface area contributed by atoms with Crippen molar-refractivity contribution < 1.29 is 9.84 Å². The maximum absolute atomic E-state index is 8.24. The van der Waals surface area contributed by atoms with Crippen LogP contribution in [-0.4, -0.2) is 24.9 Å². The third-order valence-corrected chi connectivity index (χ3v) is 0.878. The minimum absolute atomic E-state index is 0.143. The normalized spacial score (nSPS) is 7.17. The molecular weight excluding hydrogens is 152 g/mol. The third kappa shape index (κ3) is 34.3. The Bertz CT molecular complexity index is 47.8. The Morgan fingerprint density at radius 2 is 1.58 bits per heavy atom. The zero-order valence-corrected chi connectivity index (χ0v) is 8.22. The molecule has 0 aromatic carbocycles. The first kappa shape index (κ1) is 17.5. The van der Waals surface area contributed by atoms with Crippen molar-refractivity contribution in [1.82, 2.24) is 0 Å². The fourth-order valence-electron chi connectivity index (χ4n) is 0.413. The zero-order valence-electron chi connectivity index (χ0n) is 8.22. The van der Waals surface area contributed by atoms with Crippen LogP contribution in [0.2, 0.25) is 0 Å². The van der Waals surface area contributed by atoms with Crippen LogP contribution < -0.4 is 0 Å². The monoisotopic (exact) mass is 174 g/mol. The topological polar surface area (TPSA) is 29.5 Å². The highest BCUT2D eigenvalue weighted by molar-refractivity contribution is 4.30. The molecule has 1 N–H and O–H groups in total. The summed E-state index contributed by atoms with van der Waals surface area (Å²) in [5.41, 5.74) is 0. The number of aliphatic hydroxyl groups is 1. The van der Waals surface area contributed by atoms with Crippen molar-refractivity contribution in [2.75, 3.05) is 19.8 Å². The lowest BCUT2D eigenvalue weighted by Gasteiger charge is -1.97. The number of hydrogen-bond acceptors (Lipinski definition) is 2. The minimum atomic E-state index is 0.143. The molecule has 0 atom stereocenters. The number of aliphatic hydroxyl groups excluding tert-OH is 1. The van der Waals surface area contributed by atoms with Crippen LogP contribution in [0.5, 0.6) is 0 Å². The summed E-state index contributed by atoms with van der Waals surface area (Å²) in [5.74, 6) is 0. The number of unbranched alkanes of at least 4 members (excludes halogenated alkanes) is 1. The summed E-state index contributed by atoms with van der Waals surface area (Å²) in [7, 11) is 0. The second-order valence-corrected chi connectivity index (χ2v) is 1.69. The van der Waals surface area contributed by atoms with Gasteiger partial charge in [-0.15, -0.1) is 26.3 Å². The number of rotatable bonds is 5. The molecule has 0 aliphatic heterocycles. The van der Waals surface area contributed by atoms with Gasteiger partial charge < -0.3 is 9.84 Å². The Labute approximate surface area is 76.6 Å². The molecule has 0 aromatic heterocycles. The van der Waals surface area contributed by atoms with E-state index < -0.39 is 0 Å². The quantitative estimate of drug-likeness (QED) is 0.512. The van der Waals surface area contributed by atoms with E-state index in [1.54, 1.807) is 0 Å². The Kier molecular flexibility index (Phi) is 45.9. The van der Waals surface area contributed by atoms with Crippen LogP contribution in [0.4, 0.5) is 0 Å². The molecule has 0 radical (unpaired) electrons. The van der Waals surface area contributed by atoms with Crippen LogP contribution in [0.1, 0.15) is 19.8 Å². The summed E-state index contributed by atoms with van der Waals surface area (Å²) in [4.78, 5) is 0. The summed E-state index contributed by atoms with van der Waals surface area (Å²) in [5, 5.41) is 8.24. The molecule has 0 unspecified atom stereocenters. The predicted molar refractivity (Wildman–Crippen MR) is 55.3 cm³/mol. The highest BCUT2D eigenvalue weighted by Gasteiger charge is 1.82. The molecule has 0 spiro atoms. The van der Waals surface area contributed by atoms with E-state index in [0.717, 1.165) is 19.4 Å². The standard InChI is InChI=1S/C6H14O2.2C2H4/c1-2-3-5-8-6-4-7;2*1-2/h7H,2-6H2,1H3;2*1-2H2. The van der Waals surface area contributed by atoms with Gasteiger partial charge >= 0.3 is 0 Å². The third-order valence-electron chi connectivity index (χ3n) is 0.878. The second-order valence-electron chi connectivity index (χ2n) is 1.69. The van der Waals surface area contributed by atoms with Crippen LogP contribution >= 0.6 is 0 Å². The lowest BCUT2D eigenvalue weighted by atomic mass is 10.4. The molecule has 0 heterocycles. The van der Waals surface area contributed by atoms with Crippen LogP contribution in [0.3, 0.4) is 0 Å². The maximum atomic E-state index is 8.24. The van der Waals surface area contributed by atoms with E-state index in [9.17, 15) is 0 Å². The maximum Gasteiger partial charge on any atom is 0.0697 e. The Morgan fingerprint density at radius 3 is 1.92 bits per heavy atom. The van der Waals surface area contributed by atoms with E-state index in [2.05, 4.69) is 33.2 Å². The predicted octanol–water partition coefficient (Wildman–Crippen LogP) is 2.40. The van der Waals surface area contributed by atoms with E-state index in [1.165, 1.54) is 0 Å². The lowest BCUT2D eigenvalue weighted by molar-refractivity contribution is 0.0904. The van der Waals surface area contributed by atoms with Crippen molar-refractivity contribution in [3.8, 4) is 0 Å². The van der Waals surface area contributed by atoms with E-state index in [4.69, 9.17) is 9.84 Å². The van der Waals surface area contributed by atoms with E-state index in [1.807, 2.05) is 0 Å². The number of hydrogen-bond donors (Lipinski definition) is 1. The van der Waals surface area contributed by atoms with Crippen LogP contribution in [0.15, 0.2) is 26.3 Å². The molecule has 12 heavy (non-hydrogen) atoms. The summed E-state index contributed by atoms with van der Waals surface area (Å²) in [6, 6.07) is 0. The Balaban J connectivity index is -0.000000175. The molecule has 0 aliphatic carbocycles. The van der Waals surface area contributed by atoms with Crippen molar-refractivity contribution >= 4 is 0 Å². The van der Waals surface area contributed by atoms with Gasteiger partial charge in [-0.05, 0) is 6.42 Å². The van der Waals surface area contributed by atoms with Gasteiger partial charge in [-0.2, -0.15) is 0 Å². The molecule has 0 amide bonds. The first-order chi connectivity index (χ1) is 5.91. The molecule has 0 aliphatic rings. The SMILES string of the molecule is C=C.C=C.CCCCOCCO. The van der Waals surface area contributed by atoms with Crippen LogP contribution in [-0.2, 0) is 4.74 Å². The zero-order chi connectivity index (χ0) is 10.2. The summed E-state index contributed by atoms with van der Waals surface area (Å²) in [6.45, 7) is 15.5. The molecular formula is C10H22O2. The van der Waals surface area contributed by atoms with E-state index >= 15 is 0 Å². The van der Waals surface area contributed by atoms with Gasteiger partial charge in [0.05, 0.1) is 13.2 Å². The lowest BCUT2D eigenvalue weighted by Crippen LogP contribution is -1.99. The molecule has 0 aromatic rings. The van der Waals surface area contributed by atoms with Crippen molar-refractivity contribution in [2.45, 2.75) is 19.8 Å². The number of ether oxygens (including phenoxy) is 1. The van der Waals surface area contributed by atoms with Gasteiger partial charge in [0.15, 0.2) is 0 Å². The highest BCUT2D eigenvalue weighted by Crippen LogP contribution is 1.85. The molecule has 2 heteroatoms. The van der Waals surface area contributed by atoms with Crippen LogP contribution in [0, 0.1) is 0 Å². The van der Waals surface area contributed by atoms with Crippen molar-refractivity contribution in [3.05, 3.63) is 26.3 Å². The van der Waals surface area contributed by atoms with E-state index in [0.29, 0.717) is 6.61 Å². The van der Waals surface area contributed by atoms with Gasteiger partial charge in [-0.25, -0.2) is 0 Å². The molecule has 0 saturated carbocycles.